The molecule has 0 saturated carbocycles. The van der Waals surface area contributed by atoms with E-state index in [4.69, 9.17) is 24.5 Å². The van der Waals surface area contributed by atoms with Crippen molar-refractivity contribution < 1.29 is 67.1 Å². The van der Waals surface area contributed by atoms with Gasteiger partial charge in [0.2, 0.25) is 0 Å². The number of anilines is 2. The van der Waals surface area contributed by atoms with Crippen LogP contribution in [0.4, 0.5) is 37.7 Å². The molecule has 0 unspecified atom stereocenters. The van der Waals surface area contributed by atoms with Gasteiger partial charge in [0.15, 0.2) is 0 Å². The first-order valence-electron chi connectivity index (χ1n) is 14.9. The van der Waals surface area contributed by atoms with Crippen LogP contribution in [-0.4, -0.2) is 62.7 Å². The van der Waals surface area contributed by atoms with E-state index in [9.17, 15) is 26.3 Å². The molecule has 7 nitrogen and oxygen atoms in total. The third-order valence-corrected chi connectivity index (χ3v) is 8.99. The van der Waals surface area contributed by atoms with E-state index in [1.165, 1.54) is 54.7 Å². The molecule has 0 aromatic heterocycles. The maximum atomic E-state index is 10.6. The van der Waals surface area contributed by atoms with Gasteiger partial charge in [-0.15, -0.1) is 0 Å². The van der Waals surface area contributed by atoms with Crippen molar-refractivity contribution in [2.45, 2.75) is 73.8 Å². The second-order valence-electron chi connectivity index (χ2n) is 11.6. The van der Waals surface area contributed by atoms with Crippen LogP contribution in [0.25, 0.3) is 0 Å². The second kappa shape index (κ2) is 17.0. The van der Waals surface area contributed by atoms with Gasteiger partial charge in [0.25, 0.3) is 0 Å². The van der Waals surface area contributed by atoms with E-state index in [2.05, 4.69) is 118 Å². The van der Waals surface area contributed by atoms with E-state index in [1.807, 2.05) is 0 Å². The van der Waals surface area contributed by atoms with Crippen molar-refractivity contribution in [1.29, 1.82) is 0 Å². The molecule has 49 heavy (non-hydrogen) atoms. The Balaban J connectivity index is 0.000000500. The van der Waals surface area contributed by atoms with Gasteiger partial charge in [0.05, 0.1) is 0 Å². The molecule has 0 radical (unpaired) electrons. The largest absolute Gasteiger partial charge is 0.490 e. The van der Waals surface area contributed by atoms with Crippen LogP contribution in [0.3, 0.4) is 0 Å². The number of hydrogen-bond donors (Lipinski definition) is 2. The molecular formula is C35H40F6N2O5Ru. The van der Waals surface area contributed by atoms with E-state index in [0.717, 1.165) is 18.8 Å². The summed E-state index contributed by atoms with van der Waals surface area (Å²) in [5, 5.41) is 14.2. The van der Waals surface area contributed by atoms with E-state index in [1.54, 1.807) is 0 Å². The number of nitrogens with zero attached hydrogens (tertiary/aromatic N) is 2. The van der Waals surface area contributed by atoms with Gasteiger partial charge in [-0.05, 0) is 0 Å². The van der Waals surface area contributed by atoms with Gasteiger partial charge in [-0.3, -0.25) is 0 Å². The van der Waals surface area contributed by atoms with Crippen molar-refractivity contribution >= 4 is 32.3 Å². The average Bonchev–Trinajstić information content (AvgIpc) is 3.33. The predicted octanol–water partition coefficient (Wildman–Crippen LogP) is 7.94. The second-order valence-corrected chi connectivity index (χ2v) is 13.4. The monoisotopic (exact) mass is 784 g/mol. The molecule has 1 aliphatic rings. The number of carboxylic acids is 2. The number of carbonyl (C=O) groups is 2. The topological polar surface area (TPSA) is 90.3 Å². The number of aliphatic carboxylic acids is 2. The van der Waals surface area contributed by atoms with Gasteiger partial charge >= 0.3 is 243 Å². The van der Waals surface area contributed by atoms with Crippen LogP contribution in [0.5, 0.6) is 5.75 Å². The summed E-state index contributed by atoms with van der Waals surface area (Å²) in [6, 6.07) is 17.7. The van der Waals surface area contributed by atoms with Crippen molar-refractivity contribution in [3.63, 3.8) is 0 Å². The van der Waals surface area contributed by atoms with Gasteiger partial charge in [0.1, 0.15) is 0 Å². The maximum absolute atomic E-state index is 10.6. The number of halogens is 6. The van der Waals surface area contributed by atoms with Crippen molar-refractivity contribution in [2.75, 3.05) is 22.9 Å². The average molecular weight is 784 g/mol. The van der Waals surface area contributed by atoms with Crippen LogP contribution in [0.2, 0.25) is 0 Å². The molecule has 0 spiro atoms. The van der Waals surface area contributed by atoms with Crippen LogP contribution in [-0.2, 0) is 25.8 Å². The van der Waals surface area contributed by atoms with Crippen LogP contribution >= 0.6 is 0 Å². The van der Waals surface area contributed by atoms with Gasteiger partial charge in [-0.25, -0.2) is 9.59 Å². The van der Waals surface area contributed by atoms with E-state index in [-0.39, 0.29) is 22.3 Å². The molecule has 1 aliphatic heterocycles. The Labute approximate surface area is 288 Å². The Morgan fingerprint density at radius 1 is 0.735 bits per heavy atom. The molecule has 4 rings (SSSR count). The molecule has 1 fully saturated rings. The smallest absolute Gasteiger partial charge is 0.475 e. The van der Waals surface area contributed by atoms with Crippen molar-refractivity contribution in [2.24, 2.45) is 0 Å². The fourth-order valence-corrected chi connectivity index (χ4v) is 7.49. The van der Waals surface area contributed by atoms with E-state index < -0.39 is 24.3 Å². The fraction of sp³-hybridized carbons (Fsp3) is 0.371. The Kier molecular flexibility index (Phi) is 14.3. The number of alkyl halides is 6. The Morgan fingerprint density at radius 3 is 1.41 bits per heavy atom. The normalized spacial score (nSPS) is 13.0. The van der Waals surface area contributed by atoms with E-state index in [0.29, 0.717) is 0 Å². The summed E-state index contributed by atoms with van der Waals surface area (Å²) in [6.45, 7) is 19.6. The minimum Gasteiger partial charge on any atom is -0.475 e. The summed E-state index contributed by atoms with van der Waals surface area (Å²) >= 11 is -0.205. The summed E-state index contributed by atoms with van der Waals surface area (Å²) in [5.41, 5.74) is 12.0. The first-order chi connectivity index (χ1) is 22.5. The predicted molar refractivity (Wildman–Crippen MR) is 176 cm³/mol. The number of aryl methyl sites for hydroxylation is 6. The molecule has 0 bridgehead atoms. The fourth-order valence-electron chi connectivity index (χ4n) is 5.26. The van der Waals surface area contributed by atoms with Crippen molar-refractivity contribution in [3.05, 3.63) is 87.5 Å². The molecule has 3 aromatic rings. The molecule has 14 heteroatoms. The third kappa shape index (κ3) is 11.8. The minimum atomic E-state index is -5.08. The SMILES string of the molecule is Cc1cc(C)c(N2CCN(c3c(C)cc(C)cc3C)[C]2=[Ru]=[CH]c2ccccc2OC(C)C)c(C)c1.O=C(O)C(F)(F)F.O=C(O)C(F)(F)F. The zero-order valence-corrected chi connectivity index (χ0v) is 30.1. The summed E-state index contributed by atoms with van der Waals surface area (Å²) < 4.78 is 73.4. The first-order valence-corrected chi connectivity index (χ1v) is 16.8. The molecule has 0 atom stereocenters. The van der Waals surface area contributed by atoms with Crippen LogP contribution in [0.1, 0.15) is 52.8 Å². The Hall–Kier alpha value is -4.06. The van der Waals surface area contributed by atoms with Gasteiger partial charge in [0, 0.05) is 0 Å². The first kappa shape index (κ1) is 41.1. The number of carboxylic acid groups (broad SMARTS) is 2. The number of hydrogen-bond acceptors (Lipinski definition) is 5. The Morgan fingerprint density at radius 2 is 1.08 bits per heavy atom. The van der Waals surface area contributed by atoms with E-state index >= 15 is 0 Å². The van der Waals surface area contributed by atoms with Crippen molar-refractivity contribution in [3.8, 4) is 5.75 Å². The van der Waals surface area contributed by atoms with Crippen LogP contribution < -0.4 is 14.5 Å². The molecule has 0 amide bonds. The zero-order chi connectivity index (χ0) is 37.4. The summed E-state index contributed by atoms with van der Waals surface area (Å²) in [7, 11) is 0. The molecule has 0 aliphatic carbocycles. The molecule has 2 N–H and O–H groups in total. The molecular weight excluding hydrogens is 743 g/mol. The van der Waals surface area contributed by atoms with Gasteiger partial charge in [-0.1, -0.05) is 0 Å². The van der Waals surface area contributed by atoms with Crippen LogP contribution in [0.15, 0.2) is 48.5 Å². The standard InChI is InChI=1S/C21H26N2.C10H12O.2C2HF3O2.Ru/c1-14-9-16(3)20(17(4)10-14)22-7-8-23(13-22)21-18(5)11-15(2)12-19(21)6;1-8(2)11-10-7-5-4-6-9(10)3;2*3-2(4,5)1(6)7;/h9-12H,7-8H2,1-6H3;3-8H,1-2H3;2*(H,6,7);. The molecule has 3 aromatic carbocycles. The summed E-state index contributed by atoms with van der Waals surface area (Å²) in [5.74, 6) is -4.54. The number of rotatable bonds is 5. The van der Waals surface area contributed by atoms with Crippen LogP contribution in [0, 0.1) is 41.5 Å². The van der Waals surface area contributed by atoms with Crippen molar-refractivity contribution in [1.82, 2.24) is 0 Å². The quantitative estimate of drug-likeness (QED) is 0.201. The zero-order valence-electron chi connectivity index (χ0n) is 28.3. The van der Waals surface area contributed by atoms with Gasteiger partial charge < -0.3 is 10.2 Å². The minimum absolute atomic E-state index is 0.156. The Bertz CT molecular complexity index is 1590. The van der Waals surface area contributed by atoms with Gasteiger partial charge in [-0.2, -0.15) is 26.3 Å². The molecule has 1 saturated heterocycles. The number of benzene rings is 3. The maximum Gasteiger partial charge on any atom is 0.490 e. The number of ether oxygens (including phenoxy) is 1. The molecule has 1 heterocycles. The number of para-hydroxylation sites is 1. The molecule has 270 valence electrons. The summed E-state index contributed by atoms with van der Waals surface area (Å²) in [4.78, 5) is 23.0. The third-order valence-electron chi connectivity index (χ3n) is 6.81. The summed E-state index contributed by atoms with van der Waals surface area (Å²) in [6.07, 6.45) is -10.0.